The van der Waals surface area contributed by atoms with E-state index in [9.17, 15) is 14.7 Å². The van der Waals surface area contributed by atoms with Crippen LogP contribution in [0.2, 0.25) is 0 Å². The van der Waals surface area contributed by atoms with Crippen molar-refractivity contribution in [3.05, 3.63) is 35.1 Å². The zero-order valence-corrected chi connectivity index (χ0v) is 13.6. The fraction of sp³-hybridized carbons (Fsp3) is 0.444. The maximum Gasteiger partial charge on any atom is 0.308 e. The van der Waals surface area contributed by atoms with Crippen LogP contribution in [0.1, 0.15) is 41.4 Å². The van der Waals surface area contributed by atoms with Gasteiger partial charge in [-0.15, -0.1) is 0 Å². The van der Waals surface area contributed by atoms with Crippen molar-refractivity contribution >= 4 is 22.8 Å². The number of carboxylic acids is 1. The number of likely N-dealkylation sites (tertiary alicyclic amines) is 1. The lowest BCUT2D eigenvalue weighted by atomic mass is 9.90. The van der Waals surface area contributed by atoms with Crippen LogP contribution in [0.5, 0.6) is 0 Å². The molecule has 0 aliphatic carbocycles. The molecule has 0 radical (unpaired) electrons. The van der Waals surface area contributed by atoms with Crippen molar-refractivity contribution in [3.63, 3.8) is 0 Å². The first-order valence-electron chi connectivity index (χ1n) is 7.94. The number of rotatable bonds is 2. The van der Waals surface area contributed by atoms with E-state index in [4.69, 9.17) is 4.42 Å². The van der Waals surface area contributed by atoms with Crippen LogP contribution < -0.4 is 0 Å². The number of carbonyl (C=O) groups excluding carboxylic acids is 1. The smallest absolute Gasteiger partial charge is 0.308 e. The highest BCUT2D eigenvalue weighted by Gasteiger charge is 2.37. The van der Waals surface area contributed by atoms with Gasteiger partial charge in [-0.1, -0.05) is 18.2 Å². The van der Waals surface area contributed by atoms with Gasteiger partial charge in [0.25, 0.3) is 5.91 Å². The number of para-hydroxylation sites is 1. The molecule has 0 spiro atoms. The summed E-state index contributed by atoms with van der Waals surface area (Å²) in [7, 11) is 0. The number of hydrogen-bond donors (Lipinski definition) is 1. The zero-order chi connectivity index (χ0) is 16.7. The molecular formula is C18H21NO4. The predicted octanol–water partition coefficient (Wildman–Crippen LogP) is 3.37. The molecule has 0 unspecified atom stereocenters. The van der Waals surface area contributed by atoms with E-state index in [1.165, 1.54) is 0 Å². The van der Waals surface area contributed by atoms with Crippen molar-refractivity contribution in [3.8, 4) is 0 Å². The summed E-state index contributed by atoms with van der Waals surface area (Å²) in [4.78, 5) is 25.9. The third kappa shape index (κ3) is 2.50. The van der Waals surface area contributed by atoms with Gasteiger partial charge >= 0.3 is 5.97 Å². The van der Waals surface area contributed by atoms with Crippen LogP contribution in [-0.2, 0) is 4.79 Å². The van der Waals surface area contributed by atoms with Gasteiger partial charge in [0.2, 0.25) is 0 Å². The summed E-state index contributed by atoms with van der Waals surface area (Å²) in [6.07, 6.45) is 1.31. The molecule has 0 saturated carbocycles. The Hall–Kier alpha value is -2.30. The van der Waals surface area contributed by atoms with Crippen molar-refractivity contribution in [2.24, 2.45) is 5.92 Å². The molecular weight excluding hydrogens is 294 g/mol. The Morgan fingerprint density at radius 3 is 2.70 bits per heavy atom. The average Bonchev–Trinajstić information content (AvgIpc) is 2.85. The van der Waals surface area contributed by atoms with Crippen LogP contribution in [0.4, 0.5) is 0 Å². The van der Waals surface area contributed by atoms with Gasteiger partial charge in [0.05, 0.1) is 5.92 Å². The van der Waals surface area contributed by atoms with E-state index in [0.717, 1.165) is 22.1 Å². The van der Waals surface area contributed by atoms with E-state index in [0.29, 0.717) is 25.1 Å². The number of fused-ring (bicyclic) bond motifs is 1. The Morgan fingerprint density at radius 2 is 2.04 bits per heavy atom. The third-order valence-electron chi connectivity index (χ3n) is 4.92. The Morgan fingerprint density at radius 1 is 1.30 bits per heavy atom. The standard InChI is InChI=1S/C18H21NO4/c1-10-6-4-7-13-11(2)16(23-15(10)13)17(20)19-9-5-8-14(12(19)3)18(21)22/h4,6-7,12,14H,5,8-9H2,1-3H3,(H,21,22)/t12-,14-/m1/s1. The molecule has 5 nitrogen and oxygen atoms in total. The number of aryl methyl sites for hydroxylation is 2. The number of furan rings is 1. The van der Waals surface area contributed by atoms with Crippen molar-refractivity contribution in [1.82, 2.24) is 4.90 Å². The van der Waals surface area contributed by atoms with Gasteiger partial charge in [-0.3, -0.25) is 9.59 Å². The number of nitrogens with zero attached hydrogens (tertiary/aromatic N) is 1. The number of benzene rings is 1. The first-order valence-corrected chi connectivity index (χ1v) is 7.94. The fourth-order valence-corrected chi connectivity index (χ4v) is 3.48. The number of amides is 1. The van der Waals surface area contributed by atoms with E-state index in [1.54, 1.807) is 11.8 Å². The molecule has 5 heteroatoms. The van der Waals surface area contributed by atoms with Crippen molar-refractivity contribution in [1.29, 1.82) is 0 Å². The lowest BCUT2D eigenvalue weighted by molar-refractivity contribution is -0.145. The van der Waals surface area contributed by atoms with Crippen LogP contribution in [0.3, 0.4) is 0 Å². The summed E-state index contributed by atoms with van der Waals surface area (Å²) >= 11 is 0. The molecule has 2 aromatic rings. The van der Waals surface area contributed by atoms with Crippen LogP contribution in [-0.4, -0.2) is 34.5 Å². The molecule has 1 fully saturated rings. The Balaban J connectivity index is 1.98. The van der Waals surface area contributed by atoms with Gasteiger partial charge in [0.15, 0.2) is 5.76 Å². The van der Waals surface area contributed by atoms with E-state index in [2.05, 4.69) is 0 Å². The molecule has 122 valence electrons. The van der Waals surface area contributed by atoms with Crippen molar-refractivity contribution < 1.29 is 19.1 Å². The van der Waals surface area contributed by atoms with E-state index in [-0.39, 0.29) is 11.9 Å². The predicted molar refractivity (Wildman–Crippen MR) is 86.5 cm³/mol. The minimum atomic E-state index is -0.841. The minimum Gasteiger partial charge on any atom is -0.481 e. The number of carboxylic acid groups (broad SMARTS) is 1. The lowest BCUT2D eigenvalue weighted by Crippen LogP contribution is -2.49. The van der Waals surface area contributed by atoms with Crippen LogP contribution >= 0.6 is 0 Å². The van der Waals surface area contributed by atoms with Gasteiger partial charge in [0, 0.05) is 23.5 Å². The molecule has 1 aliphatic rings. The minimum absolute atomic E-state index is 0.212. The molecule has 23 heavy (non-hydrogen) atoms. The zero-order valence-electron chi connectivity index (χ0n) is 13.6. The molecule has 1 saturated heterocycles. The molecule has 1 amide bonds. The van der Waals surface area contributed by atoms with E-state index in [1.807, 2.05) is 32.0 Å². The summed E-state index contributed by atoms with van der Waals surface area (Å²) in [6, 6.07) is 5.50. The van der Waals surface area contributed by atoms with Gasteiger partial charge in [-0.05, 0) is 39.2 Å². The Labute approximate surface area is 134 Å². The number of hydrogen-bond acceptors (Lipinski definition) is 3. The monoisotopic (exact) mass is 315 g/mol. The first kappa shape index (κ1) is 15.6. The molecule has 2 heterocycles. The fourth-order valence-electron chi connectivity index (χ4n) is 3.48. The normalized spacial score (nSPS) is 21.6. The van der Waals surface area contributed by atoms with Crippen LogP contribution in [0, 0.1) is 19.8 Å². The van der Waals surface area contributed by atoms with E-state index >= 15 is 0 Å². The topological polar surface area (TPSA) is 70.8 Å². The van der Waals surface area contributed by atoms with Gasteiger partial charge in [0.1, 0.15) is 5.58 Å². The maximum absolute atomic E-state index is 12.9. The summed E-state index contributed by atoms with van der Waals surface area (Å²) in [6.45, 7) is 6.20. The number of aliphatic carboxylic acids is 1. The first-order chi connectivity index (χ1) is 10.9. The molecule has 2 atom stereocenters. The second-order valence-electron chi connectivity index (χ2n) is 6.33. The third-order valence-corrected chi connectivity index (χ3v) is 4.92. The Kier molecular flexibility index (Phi) is 3.88. The summed E-state index contributed by atoms with van der Waals surface area (Å²) in [5.41, 5.74) is 2.53. The van der Waals surface area contributed by atoms with Crippen LogP contribution in [0.15, 0.2) is 22.6 Å². The van der Waals surface area contributed by atoms with Gasteiger partial charge in [-0.25, -0.2) is 0 Å². The molecule has 1 aliphatic heterocycles. The molecule has 3 rings (SSSR count). The summed E-state index contributed by atoms with van der Waals surface area (Å²) in [5, 5.41) is 10.3. The second kappa shape index (κ2) is 5.72. The van der Waals surface area contributed by atoms with Gasteiger partial charge < -0.3 is 14.4 Å². The highest BCUT2D eigenvalue weighted by Crippen LogP contribution is 2.31. The summed E-state index contributed by atoms with van der Waals surface area (Å²) < 4.78 is 5.85. The quantitative estimate of drug-likeness (QED) is 0.922. The largest absolute Gasteiger partial charge is 0.481 e. The molecule has 1 N–H and O–H groups in total. The van der Waals surface area contributed by atoms with Crippen molar-refractivity contribution in [2.45, 2.75) is 39.7 Å². The number of carbonyl (C=O) groups is 2. The molecule has 1 aromatic carbocycles. The average molecular weight is 315 g/mol. The van der Waals surface area contributed by atoms with Crippen LogP contribution in [0.25, 0.3) is 11.0 Å². The van der Waals surface area contributed by atoms with Crippen molar-refractivity contribution in [2.75, 3.05) is 6.54 Å². The van der Waals surface area contributed by atoms with E-state index < -0.39 is 11.9 Å². The SMILES string of the molecule is Cc1c(C(=O)N2CCC[C@@H](C(=O)O)[C@H]2C)oc2c(C)cccc12. The second-order valence-corrected chi connectivity index (χ2v) is 6.33. The van der Waals surface area contributed by atoms with Gasteiger partial charge in [-0.2, -0.15) is 0 Å². The maximum atomic E-state index is 12.9. The summed E-state index contributed by atoms with van der Waals surface area (Å²) in [5.74, 6) is -1.24. The highest BCUT2D eigenvalue weighted by atomic mass is 16.4. The Bertz CT molecular complexity index is 777. The molecule has 0 bridgehead atoms. The lowest BCUT2D eigenvalue weighted by Gasteiger charge is -2.37. The number of piperidine rings is 1. The highest BCUT2D eigenvalue weighted by molar-refractivity contribution is 5.99. The molecule has 1 aromatic heterocycles.